The minimum absolute atomic E-state index is 0.219. The summed E-state index contributed by atoms with van der Waals surface area (Å²) in [5, 5.41) is 15.1. The van der Waals surface area contributed by atoms with E-state index in [1.54, 1.807) is 6.07 Å². The summed E-state index contributed by atoms with van der Waals surface area (Å²) in [7, 11) is 0. The molecule has 0 radical (unpaired) electrons. The predicted molar refractivity (Wildman–Crippen MR) is 107 cm³/mol. The van der Waals surface area contributed by atoms with Gasteiger partial charge in [0.1, 0.15) is 0 Å². The molecule has 0 spiro atoms. The van der Waals surface area contributed by atoms with E-state index in [2.05, 4.69) is 43.4 Å². The van der Waals surface area contributed by atoms with E-state index in [0.717, 1.165) is 11.6 Å². The zero-order chi connectivity index (χ0) is 18.7. The van der Waals surface area contributed by atoms with Crippen LogP contribution in [0.1, 0.15) is 67.7 Å². The van der Waals surface area contributed by atoms with Gasteiger partial charge in [-0.05, 0) is 71.6 Å². The third-order valence-electron chi connectivity index (χ3n) is 7.24. The number of nitrogens with zero attached hydrogens (tertiary/aromatic N) is 1. The van der Waals surface area contributed by atoms with Crippen LogP contribution in [0.3, 0.4) is 0 Å². The zero-order valence-electron chi connectivity index (χ0n) is 15.9. The van der Waals surface area contributed by atoms with Crippen molar-refractivity contribution in [1.29, 1.82) is 0 Å². The standard InChI is InChI=1S/C23H26N2O2/c1-13(2)14-3-5-15(6-4-14)23-22-17-8-7-16(11-17)21(22)19-12-18(25(26)27)9-10-20(19)24-23/h3-6,9-10,12-13,16-17,21-24H,7-8,11H2,1-2H3/t16-,17-,21+,22-,23-/m0/s1. The minimum Gasteiger partial charge on any atom is -0.378 e. The molecule has 2 aromatic rings. The number of non-ortho nitro benzene ring substituents is 1. The van der Waals surface area contributed by atoms with Crippen molar-refractivity contribution in [3.63, 3.8) is 0 Å². The van der Waals surface area contributed by atoms with Crippen molar-refractivity contribution in [3.8, 4) is 0 Å². The molecule has 0 aromatic heterocycles. The Balaban J connectivity index is 1.57. The Kier molecular flexibility index (Phi) is 3.78. The van der Waals surface area contributed by atoms with E-state index in [1.165, 1.54) is 36.0 Å². The molecular weight excluding hydrogens is 336 g/mol. The minimum atomic E-state index is -0.265. The highest BCUT2D eigenvalue weighted by atomic mass is 16.6. The van der Waals surface area contributed by atoms with Crippen LogP contribution in [0.4, 0.5) is 11.4 Å². The first kappa shape index (κ1) is 16.8. The lowest BCUT2D eigenvalue weighted by atomic mass is 9.68. The molecule has 27 heavy (non-hydrogen) atoms. The Bertz CT molecular complexity index is 890. The maximum Gasteiger partial charge on any atom is 0.269 e. The second-order valence-corrected chi connectivity index (χ2v) is 8.91. The summed E-state index contributed by atoms with van der Waals surface area (Å²) in [4.78, 5) is 11.0. The van der Waals surface area contributed by atoms with Gasteiger partial charge in [0.2, 0.25) is 0 Å². The van der Waals surface area contributed by atoms with Gasteiger partial charge in [0.15, 0.2) is 0 Å². The normalized spacial score (nSPS) is 30.7. The van der Waals surface area contributed by atoms with Gasteiger partial charge in [0.05, 0.1) is 11.0 Å². The molecule has 3 aliphatic rings. The molecule has 2 aromatic carbocycles. The Hall–Kier alpha value is -2.36. The van der Waals surface area contributed by atoms with Crippen LogP contribution in [0.5, 0.6) is 0 Å². The Morgan fingerprint density at radius 2 is 1.81 bits per heavy atom. The molecule has 2 bridgehead atoms. The lowest BCUT2D eigenvalue weighted by Crippen LogP contribution is -2.35. The molecule has 2 saturated carbocycles. The van der Waals surface area contributed by atoms with E-state index in [4.69, 9.17) is 0 Å². The number of fused-ring (bicyclic) bond motifs is 7. The average molecular weight is 362 g/mol. The van der Waals surface area contributed by atoms with Crippen molar-refractivity contribution < 1.29 is 4.92 Å². The summed E-state index contributed by atoms with van der Waals surface area (Å²) in [5.41, 5.74) is 5.21. The Morgan fingerprint density at radius 3 is 2.52 bits per heavy atom. The van der Waals surface area contributed by atoms with Crippen LogP contribution in [0.2, 0.25) is 0 Å². The van der Waals surface area contributed by atoms with E-state index < -0.39 is 0 Å². The Labute approximate surface area is 160 Å². The molecule has 2 aliphatic carbocycles. The fourth-order valence-electron chi connectivity index (χ4n) is 6.01. The SMILES string of the molecule is CC(C)c1ccc([C@@H]2Nc3ccc([N+](=O)[O-])cc3[C@H]3[C@H]4CC[C@@H](C4)[C@@H]32)cc1. The summed E-state index contributed by atoms with van der Waals surface area (Å²) in [6.07, 6.45) is 3.85. The molecule has 4 nitrogen and oxygen atoms in total. The molecule has 1 N–H and O–H groups in total. The number of hydrogen-bond donors (Lipinski definition) is 1. The predicted octanol–water partition coefficient (Wildman–Crippen LogP) is 6.01. The number of anilines is 1. The molecule has 5 atom stereocenters. The number of nitrogens with one attached hydrogen (secondary N) is 1. The number of nitro benzene ring substituents is 1. The topological polar surface area (TPSA) is 55.2 Å². The highest BCUT2D eigenvalue weighted by Crippen LogP contribution is 2.63. The molecule has 5 rings (SSSR count). The summed E-state index contributed by atoms with van der Waals surface area (Å²) in [5.74, 6) is 2.95. The number of benzene rings is 2. The fraction of sp³-hybridized carbons (Fsp3) is 0.478. The van der Waals surface area contributed by atoms with E-state index in [-0.39, 0.29) is 10.6 Å². The lowest BCUT2D eigenvalue weighted by Gasteiger charge is -2.43. The van der Waals surface area contributed by atoms with Gasteiger partial charge in [-0.1, -0.05) is 38.1 Å². The highest BCUT2D eigenvalue weighted by molar-refractivity contribution is 5.62. The third kappa shape index (κ3) is 2.57. The van der Waals surface area contributed by atoms with E-state index in [1.807, 2.05) is 12.1 Å². The molecule has 1 heterocycles. The van der Waals surface area contributed by atoms with E-state index >= 15 is 0 Å². The van der Waals surface area contributed by atoms with Gasteiger partial charge >= 0.3 is 0 Å². The van der Waals surface area contributed by atoms with E-state index in [0.29, 0.717) is 29.7 Å². The molecule has 0 amide bonds. The van der Waals surface area contributed by atoms with Gasteiger partial charge in [-0.2, -0.15) is 0 Å². The quantitative estimate of drug-likeness (QED) is 0.537. The molecule has 140 valence electrons. The zero-order valence-corrected chi connectivity index (χ0v) is 15.9. The van der Waals surface area contributed by atoms with Crippen molar-refractivity contribution in [3.05, 3.63) is 69.3 Å². The molecular formula is C23H26N2O2. The first-order chi connectivity index (χ1) is 13.0. The van der Waals surface area contributed by atoms with Crippen LogP contribution in [-0.4, -0.2) is 4.92 Å². The molecule has 4 heteroatoms. The van der Waals surface area contributed by atoms with Gasteiger partial charge in [0.25, 0.3) is 5.69 Å². The summed E-state index contributed by atoms with van der Waals surface area (Å²) in [6.45, 7) is 4.45. The van der Waals surface area contributed by atoms with Gasteiger partial charge in [-0.15, -0.1) is 0 Å². The molecule has 1 aliphatic heterocycles. The van der Waals surface area contributed by atoms with Gasteiger partial charge in [-0.3, -0.25) is 10.1 Å². The summed E-state index contributed by atoms with van der Waals surface area (Å²) in [6, 6.07) is 14.8. The van der Waals surface area contributed by atoms with Crippen LogP contribution in [0.15, 0.2) is 42.5 Å². The average Bonchev–Trinajstić information content (AvgIpc) is 3.29. The maximum atomic E-state index is 11.3. The van der Waals surface area contributed by atoms with Gasteiger partial charge in [-0.25, -0.2) is 0 Å². The third-order valence-corrected chi connectivity index (χ3v) is 7.24. The Morgan fingerprint density at radius 1 is 1.07 bits per heavy atom. The summed E-state index contributed by atoms with van der Waals surface area (Å²) < 4.78 is 0. The number of hydrogen-bond acceptors (Lipinski definition) is 3. The van der Waals surface area contributed by atoms with Crippen molar-refractivity contribution in [2.75, 3.05) is 5.32 Å². The second-order valence-electron chi connectivity index (χ2n) is 8.91. The van der Waals surface area contributed by atoms with Gasteiger partial charge < -0.3 is 5.32 Å². The van der Waals surface area contributed by atoms with Crippen molar-refractivity contribution >= 4 is 11.4 Å². The largest absolute Gasteiger partial charge is 0.378 e. The van der Waals surface area contributed by atoms with Crippen molar-refractivity contribution in [2.45, 2.75) is 51.0 Å². The first-order valence-corrected chi connectivity index (χ1v) is 10.2. The molecule has 0 saturated heterocycles. The molecule has 2 fully saturated rings. The van der Waals surface area contributed by atoms with Crippen molar-refractivity contribution in [2.24, 2.45) is 17.8 Å². The van der Waals surface area contributed by atoms with Crippen LogP contribution < -0.4 is 5.32 Å². The van der Waals surface area contributed by atoms with Crippen LogP contribution in [0.25, 0.3) is 0 Å². The summed E-state index contributed by atoms with van der Waals surface area (Å²) >= 11 is 0. The van der Waals surface area contributed by atoms with Crippen molar-refractivity contribution in [1.82, 2.24) is 0 Å². The van der Waals surface area contributed by atoms with Crippen LogP contribution in [0, 0.1) is 27.9 Å². The monoisotopic (exact) mass is 362 g/mol. The molecule has 0 unspecified atom stereocenters. The number of rotatable bonds is 3. The van der Waals surface area contributed by atoms with Gasteiger partial charge in [0, 0.05) is 17.8 Å². The first-order valence-electron chi connectivity index (χ1n) is 10.2. The lowest BCUT2D eigenvalue weighted by molar-refractivity contribution is -0.384. The highest BCUT2D eigenvalue weighted by Gasteiger charge is 2.54. The smallest absolute Gasteiger partial charge is 0.269 e. The number of nitro groups is 1. The maximum absolute atomic E-state index is 11.3. The van der Waals surface area contributed by atoms with Crippen LogP contribution in [-0.2, 0) is 0 Å². The van der Waals surface area contributed by atoms with E-state index in [9.17, 15) is 10.1 Å². The fourth-order valence-corrected chi connectivity index (χ4v) is 6.01. The second kappa shape index (κ2) is 6.08. The van der Waals surface area contributed by atoms with Crippen LogP contribution >= 0.6 is 0 Å².